The van der Waals surface area contributed by atoms with Crippen LogP contribution < -0.4 is 10.0 Å². The minimum absolute atomic E-state index is 0.182. The number of hydrogen-bond acceptors (Lipinski definition) is 7. The summed E-state index contributed by atoms with van der Waals surface area (Å²) in [6.07, 6.45) is 3.78. The Labute approximate surface area is 217 Å². The predicted molar refractivity (Wildman–Crippen MR) is 143 cm³/mol. The van der Waals surface area contributed by atoms with Crippen molar-refractivity contribution in [2.24, 2.45) is 0 Å². The number of imidazole rings is 1. The van der Waals surface area contributed by atoms with E-state index in [0.29, 0.717) is 17.8 Å². The van der Waals surface area contributed by atoms with Crippen LogP contribution in [0.5, 0.6) is 0 Å². The smallest absolute Gasteiger partial charge is 0.261 e. The zero-order chi connectivity index (χ0) is 26.6. The zero-order valence-corrected chi connectivity index (χ0v) is 22.3. The summed E-state index contributed by atoms with van der Waals surface area (Å²) in [5.74, 6) is 0.746. The normalized spacial score (nSPS) is 13.0. The summed E-state index contributed by atoms with van der Waals surface area (Å²) in [7, 11) is -3.71. The number of anilines is 1. The number of nitrogens with zero attached hydrogens (tertiary/aromatic N) is 3. The Kier molecular flexibility index (Phi) is 7.82. The van der Waals surface area contributed by atoms with Gasteiger partial charge in [0.2, 0.25) is 0 Å². The molecule has 3 N–H and O–H groups in total. The number of β-amino-alcohol motifs (C(OH)–C–C–N with tert-alkyl or cyclic N) is 1. The van der Waals surface area contributed by atoms with Crippen molar-refractivity contribution in [3.63, 3.8) is 0 Å². The molecule has 0 bridgehead atoms. The molecule has 0 aliphatic heterocycles. The second kappa shape index (κ2) is 10.9. The zero-order valence-electron chi connectivity index (χ0n) is 21.5. The third kappa shape index (κ3) is 6.65. The number of sulfonamides is 1. The third-order valence-electron chi connectivity index (χ3n) is 6.27. The van der Waals surface area contributed by atoms with E-state index in [-0.39, 0.29) is 10.4 Å². The van der Waals surface area contributed by atoms with Gasteiger partial charge in [-0.3, -0.25) is 4.72 Å². The van der Waals surface area contributed by atoms with Crippen LogP contribution >= 0.6 is 0 Å². The molecule has 4 aromatic rings. The van der Waals surface area contributed by atoms with E-state index in [1.54, 1.807) is 48.8 Å². The standard InChI is InChI=1S/C27H33N5O4S/c1-19-26(20(2)36-30-19)24-17-32(18-28-24)14-13-27(3,4)29-16-25(33)21-9-8-10-22(15-21)31-37(34,35)23-11-6-5-7-12-23/h5-12,15,17-18,25,29,31,33H,13-14,16H2,1-4H3/t25-/m0/s1. The van der Waals surface area contributed by atoms with Crippen molar-refractivity contribution in [1.82, 2.24) is 20.0 Å². The minimum Gasteiger partial charge on any atom is -0.387 e. The number of hydrogen-bond donors (Lipinski definition) is 3. The van der Waals surface area contributed by atoms with Crippen molar-refractivity contribution in [2.75, 3.05) is 11.3 Å². The maximum Gasteiger partial charge on any atom is 0.261 e. The van der Waals surface area contributed by atoms with Crippen molar-refractivity contribution in [3.8, 4) is 11.3 Å². The second-order valence-electron chi connectivity index (χ2n) is 9.77. The molecule has 1 atom stereocenters. The molecule has 10 heteroatoms. The van der Waals surface area contributed by atoms with Gasteiger partial charge in [-0.25, -0.2) is 13.4 Å². The van der Waals surface area contributed by atoms with Crippen LogP contribution in [0.15, 0.2) is 76.5 Å². The van der Waals surface area contributed by atoms with Gasteiger partial charge < -0.3 is 19.5 Å². The Morgan fingerprint density at radius 3 is 2.57 bits per heavy atom. The summed E-state index contributed by atoms with van der Waals surface area (Å²) in [6.45, 7) is 8.99. The fraction of sp³-hybridized carbons (Fsp3) is 0.333. The van der Waals surface area contributed by atoms with E-state index in [9.17, 15) is 13.5 Å². The number of aromatic nitrogens is 3. The van der Waals surface area contributed by atoms with E-state index in [1.807, 2.05) is 24.6 Å². The highest BCUT2D eigenvalue weighted by molar-refractivity contribution is 7.92. The van der Waals surface area contributed by atoms with E-state index in [1.165, 1.54) is 12.1 Å². The van der Waals surface area contributed by atoms with E-state index < -0.39 is 16.1 Å². The average molecular weight is 524 g/mol. The van der Waals surface area contributed by atoms with Crippen LogP contribution in [0.4, 0.5) is 5.69 Å². The highest BCUT2D eigenvalue weighted by atomic mass is 32.2. The molecule has 2 aromatic carbocycles. The van der Waals surface area contributed by atoms with E-state index in [0.717, 1.165) is 35.7 Å². The maximum atomic E-state index is 12.6. The first-order chi connectivity index (χ1) is 17.5. The lowest BCUT2D eigenvalue weighted by Gasteiger charge is -2.28. The predicted octanol–water partition coefficient (Wildman–Crippen LogP) is 4.45. The van der Waals surface area contributed by atoms with Gasteiger partial charge in [-0.05, 0) is 63.9 Å². The van der Waals surface area contributed by atoms with Gasteiger partial charge in [0.15, 0.2) is 0 Å². The van der Waals surface area contributed by atoms with Crippen LogP contribution in [0.2, 0.25) is 0 Å². The van der Waals surface area contributed by atoms with Crippen molar-refractivity contribution >= 4 is 15.7 Å². The van der Waals surface area contributed by atoms with Crippen LogP contribution in [0.1, 0.15) is 43.4 Å². The van der Waals surface area contributed by atoms with Gasteiger partial charge in [-0.1, -0.05) is 35.5 Å². The molecular formula is C27H33N5O4S. The molecule has 2 aromatic heterocycles. The molecule has 0 amide bonds. The Balaban J connectivity index is 1.33. The van der Waals surface area contributed by atoms with Gasteiger partial charge in [0.05, 0.1) is 34.3 Å². The molecule has 0 saturated heterocycles. The highest BCUT2D eigenvalue weighted by Gasteiger charge is 2.21. The molecule has 0 radical (unpaired) electrons. The molecule has 0 spiro atoms. The third-order valence-corrected chi connectivity index (χ3v) is 7.67. The molecule has 4 rings (SSSR count). The van der Waals surface area contributed by atoms with Gasteiger partial charge in [-0.2, -0.15) is 0 Å². The number of nitrogens with one attached hydrogen (secondary N) is 2. The van der Waals surface area contributed by atoms with E-state index >= 15 is 0 Å². The molecule has 196 valence electrons. The van der Waals surface area contributed by atoms with Gasteiger partial charge in [0.25, 0.3) is 10.0 Å². The highest BCUT2D eigenvalue weighted by Crippen LogP contribution is 2.25. The summed E-state index contributed by atoms with van der Waals surface area (Å²) >= 11 is 0. The first kappa shape index (κ1) is 26.6. The molecule has 9 nitrogen and oxygen atoms in total. The fourth-order valence-corrected chi connectivity index (χ4v) is 5.14. The summed E-state index contributed by atoms with van der Waals surface area (Å²) in [5.41, 5.74) is 3.33. The quantitative estimate of drug-likeness (QED) is 0.265. The fourth-order valence-electron chi connectivity index (χ4n) is 4.07. The second-order valence-corrected chi connectivity index (χ2v) is 11.5. The summed E-state index contributed by atoms with van der Waals surface area (Å²) < 4.78 is 35.1. The minimum atomic E-state index is -3.71. The molecule has 0 aliphatic rings. The van der Waals surface area contributed by atoms with Crippen LogP contribution in [0, 0.1) is 13.8 Å². The Morgan fingerprint density at radius 2 is 1.86 bits per heavy atom. The Morgan fingerprint density at radius 1 is 1.11 bits per heavy atom. The Bertz CT molecular complexity index is 1420. The van der Waals surface area contributed by atoms with Gasteiger partial charge >= 0.3 is 0 Å². The van der Waals surface area contributed by atoms with E-state index in [2.05, 4.69) is 34.0 Å². The number of aryl methyl sites for hydroxylation is 3. The molecule has 0 aliphatic carbocycles. The number of aliphatic hydroxyl groups excluding tert-OH is 1. The van der Waals surface area contributed by atoms with Gasteiger partial charge in [-0.15, -0.1) is 0 Å². The van der Waals surface area contributed by atoms with Crippen molar-refractivity contribution in [3.05, 3.63) is 84.1 Å². The van der Waals surface area contributed by atoms with Crippen LogP contribution in [0.3, 0.4) is 0 Å². The monoisotopic (exact) mass is 523 g/mol. The van der Waals surface area contributed by atoms with Crippen molar-refractivity contribution < 1.29 is 18.0 Å². The van der Waals surface area contributed by atoms with Gasteiger partial charge in [0, 0.05) is 30.5 Å². The lowest BCUT2D eigenvalue weighted by molar-refractivity contribution is 0.158. The SMILES string of the molecule is Cc1noc(C)c1-c1cn(CCC(C)(C)NC[C@H](O)c2cccc(NS(=O)(=O)c3ccccc3)c2)cn1. The molecule has 0 fully saturated rings. The van der Waals surface area contributed by atoms with Crippen LogP contribution in [0.25, 0.3) is 11.3 Å². The van der Waals surface area contributed by atoms with Gasteiger partial charge in [0.1, 0.15) is 5.76 Å². The lowest BCUT2D eigenvalue weighted by Crippen LogP contribution is -2.42. The molecule has 2 heterocycles. The average Bonchev–Trinajstić information content (AvgIpc) is 3.47. The largest absolute Gasteiger partial charge is 0.387 e. The molecule has 37 heavy (non-hydrogen) atoms. The number of benzene rings is 2. The number of rotatable bonds is 11. The molecular weight excluding hydrogens is 490 g/mol. The molecule has 0 saturated carbocycles. The lowest BCUT2D eigenvalue weighted by atomic mass is 9.99. The van der Waals surface area contributed by atoms with Crippen LogP contribution in [-0.4, -0.2) is 40.3 Å². The van der Waals surface area contributed by atoms with E-state index in [4.69, 9.17) is 4.52 Å². The Hall–Kier alpha value is -3.47. The first-order valence-electron chi connectivity index (χ1n) is 12.1. The van der Waals surface area contributed by atoms with Crippen molar-refractivity contribution in [2.45, 2.75) is 57.2 Å². The summed E-state index contributed by atoms with van der Waals surface area (Å²) in [5, 5.41) is 18.2. The topological polar surface area (TPSA) is 122 Å². The van der Waals surface area contributed by atoms with Crippen LogP contribution in [-0.2, 0) is 16.6 Å². The maximum absolute atomic E-state index is 12.6. The van der Waals surface area contributed by atoms with Crippen molar-refractivity contribution in [1.29, 1.82) is 0 Å². The number of aliphatic hydroxyl groups is 1. The summed E-state index contributed by atoms with van der Waals surface area (Å²) in [4.78, 5) is 4.68. The first-order valence-corrected chi connectivity index (χ1v) is 13.6. The molecule has 0 unspecified atom stereocenters. The summed E-state index contributed by atoms with van der Waals surface area (Å²) in [6, 6.07) is 15.0.